The summed E-state index contributed by atoms with van der Waals surface area (Å²) in [7, 11) is 0. The summed E-state index contributed by atoms with van der Waals surface area (Å²) in [6, 6.07) is 8.26. The summed E-state index contributed by atoms with van der Waals surface area (Å²) in [6.07, 6.45) is 3.90. The number of piperazine rings is 1. The van der Waals surface area contributed by atoms with E-state index in [1.54, 1.807) is 30.6 Å². The van der Waals surface area contributed by atoms with Crippen molar-refractivity contribution >= 4 is 11.9 Å². The van der Waals surface area contributed by atoms with E-state index in [-0.39, 0.29) is 17.8 Å². The van der Waals surface area contributed by atoms with E-state index in [0.29, 0.717) is 32.7 Å². The fourth-order valence-electron chi connectivity index (χ4n) is 3.81. The Morgan fingerprint density at radius 3 is 2.52 bits per heavy atom. The van der Waals surface area contributed by atoms with Gasteiger partial charge in [0, 0.05) is 64.6 Å². The van der Waals surface area contributed by atoms with Crippen LogP contribution in [0.2, 0.25) is 0 Å². The fraction of sp³-hybridized carbons (Fsp3) is 0.476. The zero-order valence-electron chi connectivity index (χ0n) is 16.4. The van der Waals surface area contributed by atoms with E-state index in [2.05, 4.69) is 19.8 Å². The van der Waals surface area contributed by atoms with Crippen LogP contribution in [0.5, 0.6) is 0 Å². The molecule has 2 fully saturated rings. The van der Waals surface area contributed by atoms with E-state index in [0.717, 1.165) is 37.7 Å². The summed E-state index contributed by atoms with van der Waals surface area (Å²) in [5, 5.41) is 0. The predicted molar refractivity (Wildman–Crippen MR) is 107 cm³/mol. The molecule has 0 saturated carbocycles. The molecule has 2 aliphatic rings. The van der Waals surface area contributed by atoms with Crippen molar-refractivity contribution in [1.29, 1.82) is 0 Å². The van der Waals surface area contributed by atoms with Crippen molar-refractivity contribution in [2.24, 2.45) is 0 Å². The molecule has 1 aromatic carbocycles. The topological polar surface area (TPSA) is 61.8 Å². The molecule has 1 unspecified atom stereocenters. The molecule has 8 heteroatoms. The van der Waals surface area contributed by atoms with Gasteiger partial charge in [-0.25, -0.2) is 14.4 Å². The van der Waals surface area contributed by atoms with E-state index in [1.807, 2.05) is 4.90 Å². The van der Waals surface area contributed by atoms with Crippen LogP contribution in [0, 0.1) is 5.82 Å². The molecular formula is C21H26FN5O2. The normalized spacial score (nSPS) is 20.7. The van der Waals surface area contributed by atoms with E-state index in [9.17, 15) is 9.18 Å². The lowest BCUT2D eigenvalue weighted by atomic mass is 10.1. The predicted octanol–water partition coefficient (Wildman–Crippen LogP) is 1.73. The minimum absolute atomic E-state index is 0.0751. The SMILES string of the molecule is O=C(CCN1CCOC(c2ccc(F)cc2)C1)N1CCN(c2ncccn2)CC1. The molecule has 0 aliphatic carbocycles. The van der Waals surface area contributed by atoms with Gasteiger partial charge in [0.2, 0.25) is 11.9 Å². The number of benzene rings is 1. The van der Waals surface area contributed by atoms with E-state index in [1.165, 1.54) is 12.1 Å². The van der Waals surface area contributed by atoms with Gasteiger partial charge in [0.25, 0.3) is 0 Å². The van der Waals surface area contributed by atoms with Crippen LogP contribution in [0.4, 0.5) is 10.3 Å². The monoisotopic (exact) mass is 399 g/mol. The van der Waals surface area contributed by atoms with E-state index >= 15 is 0 Å². The first-order chi connectivity index (χ1) is 14.2. The third kappa shape index (κ3) is 5.07. The highest BCUT2D eigenvalue weighted by molar-refractivity contribution is 5.76. The number of aromatic nitrogens is 2. The van der Waals surface area contributed by atoms with Crippen molar-refractivity contribution in [3.05, 3.63) is 54.1 Å². The number of carbonyl (C=O) groups excluding carboxylic acids is 1. The molecule has 2 aromatic rings. The number of halogens is 1. The maximum Gasteiger partial charge on any atom is 0.225 e. The molecule has 4 rings (SSSR count). The van der Waals surface area contributed by atoms with E-state index < -0.39 is 0 Å². The second kappa shape index (κ2) is 9.28. The van der Waals surface area contributed by atoms with Crippen molar-refractivity contribution < 1.29 is 13.9 Å². The molecule has 1 atom stereocenters. The highest BCUT2D eigenvalue weighted by Gasteiger charge is 2.25. The molecule has 2 aliphatic heterocycles. The number of amides is 1. The van der Waals surface area contributed by atoms with Gasteiger partial charge in [-0.05, 0) is 23.8 Å². The Balaban J connectivity index is 1.23. The molecule has 0 spiro atoms. The second-order valence-electron chi connectivity index (χ2n) is 7.38. The van der Waals surface area contributed by atoms with Crippen LogP contribution in [0.15, 0.2) is 42.7 Å². The summed E-state index contributed by atoms with van der Waals surface area (Å²) >= 11 is 0. The Hall–Kier alpha value is -2.58. The van der Waals surface area contributed by atoms with Gasteiger partial charge in [-0.3, -0.25) is 9.69 Å². The highest BCUT2D eigenvalue weighted by Crippen LogP contribution is 2.22. The number of morpholine rings is 1. The van der Waals surface area contributed by atoms with Crippen LogP contribution >= 0.6 is 0 Å². The molecule has 2 saturated heterocycles. The minimum atomic E-state index is -0.245. The maximum absolute atomic E-state index is 13.1. The quantitative estimate of drug-likeness (QED) is 0.763. The summed E-state index contributed by atoms with van der Waals surface area (Å²) in [6.45, 7) is 5.74. The third-order valence-corrected chi connectivity index (χ3v) is 5.50. The lowest BCUT2D eigenvalue weighted by Crippen LogP contribution is -2.50. The van der Waals surface area contributed by atoms with Crippen LogP contribution in [-0.2, 0) is 9.53 Å². The first-order valence-corrected chi connectivity index (χ1v) is 10.1. The smallest absolute Gasteiger partial charge is 0.225 e. The lowest BCUT2D eigenvalue weighted by molar-refractivity contribution is -0.132. The van der Waals surface area contributed by atoms with Gasteiger partial charge >= 0.3 is 0 Å². The average Bonchev–Trinajstić information content (AvgIpc) is 2.79. The van der Waals surface area contributed by atoms with E-state index in [4.69, 9.17) is 4.74 Å². The Kier molecular flexibility index (Phi) is 6.31. The Morgan fingerprint density at radius 1 is 1.07 bits per heavy atom. The van der Waals surface area contributed by atoms with Crippen LogP contribution in [-0.4, -0.2) is 78.1 Å². The molecule has 29 heavy (non-hydrogen) atoms. The van der Waals surface area contributed by atoms with Crippen LogP contribution < -0.4 is 4.90 Å². The van der Waals surface area contributed by atoms with Gasteiger partial charge in [0.15, 0.2) is 0 Å². The van der Waals surface area contributed by atoms with Gasteiger partial charge in [0.1, 0.15) is 5.82 Å². The van der Waals surface area contributed by atoms with Crippen LogP contribution in [0.3, 0.4) is 0 Å². The first kappa shape index (κ1) is 19.7. The number of nitrogens with zero attached hydrogens (tertiary/aromatic N) is 5. The standard InChI is InChI=1S/C21H26FN5O2/c22-18-4-2-17(3-5-18)19-16-25(14-15-29-19)9-6-20(28)26-10-12-27(13-11-26)21-23-7-1-8-24-21/h1-5,7-8,19H,6,9-16H2. The summed E-state index contributed by atoms with van der Waals surface area (Å²) in [4.78, 5) is 27.5. The highest BCUT2D eigenvalue weighted by atomic mass is 19.1. The molecule has 1 amide bonds. The summed E-state index contributed by atoms with van der Waals surface area (Å²) in [5.41, 5.74) is 0.974. The Morgan fingerprint density at radius 2 is 1.79 bits per heavy atom. The molecule has 1 aromatic heterocycles. The van der Waals surface area contributed by atoms with Crippen LogP contribution in [0.25, 0.3) is 0 Å². The van der Waals surface area contributed by atoms with Gasteiger partial charge < -0.3 is 14.5 Å². The number of rotatable bonds is 5. The van der Waals surface area contributed by atoms with Gasteiger partial charge in [-0.2, -0.15) is 0 Å². The number of anilines is 1. The number of hydrogen-bond acceptors (Lipinski definition) is 6. The maximum atomic E-state index is 13.1. The molecule has 0 radical (unpaired) electrons. The van der Waals surface area contributed by atoms with Gasteiger partial charge in [-0.15, -0.1) is 0 Å². The zero-order valence-corrected chi connectivity index (χ0v) is 16.4. The van der Waals surface area contributed by atoms with Gasteiger partial charge in [0.05, 0.1) is 12.7 Å². The molecule has 154 valence electrons. The van der Waals surface area contributed by atoms with Crippen molar-refractivity contribution in [2.75, 3.05) is 57.3 Å². The summed E-state index contributed by atoms with van der Waals surface area (Å²) in [5.74, 6) is 0.661. The average molecular weight is 399 g/mol. The number of carbonyl (C=O) groups is 1. The Bertz CT molecular complexity index is 796. The molecule has 3 heterocycles. The largest absolute Gasteiger partial charge is 0.371 e. The second-order valence-corrected chi connectivity index (χ2v) is 7.38. The molecule has 7 nitrogen and oxygen atoms in total. The van der Waals surface area contributed by atoms with Gasteiger partial charge in [-0.1, -0.05) is 12.1 Å². The first-order valence-electron chi connectivity index (χ1n) is 10.1. The van der Waals surface area contributed by atoms with Crippen LogP contribution in [0.1, 0.15) is 18.1 Å². The zero-order chi connectivity index (χ0) is 20.1. The number of ether oxygens (including phenoxy) is 1. The van der Waals surface area contributed by atoms with Crippen molar-refractivity contribution in [3.63, 3.8) is 0 Å². The lowest BCUT2D eigenvalue weighted by Gasteiger charge is -2.36. The number of hydrogen-bond donors (Lipinski definition) is 0. The summed E-state index contributed by atoms with van der Waals surface area (Å²) < 4.78 is 19.0. The Labute approximate surface area is 170 Å². The van der Waals surface area contributed by atoms with Crippen molar-refractivity contribution in [1.82, 2.24) is 19.8 Å². The van der Waals surface area contributed by atoms with Crippen molar-refractivity contribution in [2.45, 2.75) is 12.5 Å². The van der Waals surface area contributed by atoms with Crippen molar-refractivity contribution in [3.8, 4) is 0 Å². The minimum Gasteiger partial charge on any atom is -0.371 e. The molecular weight excluding hydrogens is 373 g/mol. The third-order valence-electron chi connectivity index (χ3n) is 5.50. The molecule has 0 N–H and O–H groups in total. The fourth-order valence-corrected chi connectivity index (χ4v) is 3.81. The molecule has 0 bridgehead atoms.